The van der Waals surface area contributed by atoms with Crippen LogP contribution in [0.1, 0.15) is 31.2 Å². The van der Waals surface area contributed by atoms with Gasteiger partial charge < -0.3 is 10.2 Å². The van der Waals surface area contributed by atoms with E-state index < -0.39 is 0 Å². The zero-order chi connectivity index (χ0) is 12.4. The van der Waals surface area contributed by atoms with E-state index in [0.717, 1.165) is 5.92 Å². The third-order valence-corrected chi connectivity index (χ3v) is 4.64. The first-order chi connectivity index (χ1) is 8.75. The SMILES string of the molecule is CC1(CN2CC(c3ccccc3)C2)CCNCC1. The van der Waals surface area contributed by atoms with Crippen LogP contribution in [0.3, 0.4) is 0 Å². The van der Waals surface area contributed by atoms with E-state index in [1.54, 1.807) is 0 Å². The molecule has 2 nitrogen and oxygen atoms in total. The van der Waals surface area contributed by atoms with Crippen molar-refractivity contribution in [2.75, 3.05) is 32.7 Å². The lowest BCUT2D eigenvalue weighted by Gasteiger charge is -2.46. The molecule has 2 aliphatic rings. The molecule has 0 aliphatic carbocycles. The molecule has 1 aromatic rings. The molecule has 0 bridgehead atoms. The van der Waals surface area contributed by atoms with Crippen LogP contribution < -0.4 is 5.32 Å². The average molecular weight is 244 g/mol. The van der Waals surface area contributed by atoms with Crippen LogP contribution in [-0.4, -0.2) is 37.6 Å². The quantitative estimate of drug-likeness (QED) is 0.879. The molecule has 3 rings (SSSR count). The van der Waals surface area contributed by atoms with Crippen LogP contribution in [0.25, 0.3) is 0 Å². The first-order valence-corrected chi connectivity index (χ1v) is 7.23. The Morgan fingerprint density at radius 3 is 2.50 bits per heavy atom. The van der Waals surface area contributed by atoms with E-state index in [9.17, 15) is 0 Å². The topological polar surface area (TPSA) is 15.3 Å². The van der Waals surface area contributed by atoms with Crippen molar-refractivity contribution >= 4 is 0 Å². The normalized spacial score (nSPS) is 24.7. The van der Waals surface area contributed by atoms with E-state index in [0.29, 0.717) is 5.41 Å². The Kier molecular flexibility index (Phi) is 3.40. The zero-order valence-corrected chi connectivity index (χ0v) is 11.4. The van der Waals surface area contributed by atoms with Crippen molar-refractivity contribution in [1.29, 1.82) is 0 Å². The van der Waals surface area contributed by atoms with Crippen LogP contribution in [0.5, 0.6) is 0 Å². The van der Waals surface area contributed by atoms with Crippen molar-refractivity contribution in [3.05, 3.63) is 35.9 Å². The van der Waals surface area contributed by atoms with Gasteiger partial charge >= 0.3 is 0 Å². The lowest BCUT2D eigenvalue weighted by Crippen LogP contribution is -2.51. The van der Waals surface area contributed by atoms with Crippen molar-refractivity contribution in [2.45, 2.75) is 25.7 Å². The fourth-order valence-electron chi connectivity index (χ4n) is 3.36. The third-order valence-electron chi connectivity index (χ3n) is 4.64. The summed E-state index contributed by atoms with van der Waals surface area (Å²) in [6.45, 7) is 8.67. The predicted octanol–water partition coefficient (Wildman–Crippen LogP) is 2.48. The van der Waals surface area contributed by atoms with Crippen LogP contribution >= 0.6 is 0 Å². The average Bonchev–Trinajstić information content (AvgIpc) is 2.35. The van der Waals surface area contributed by atoms with Crippen molar-refractivity contribution < 1.29 is 0 Å². The van der Waals surface area contributed by atoms with Gasteiger partial charge in [-0.3, -0.25) is 0 Å². The molecule has 2 heterocycles. The van der Waals surface area contributed by atoms with Crippen molar-refractivity contribution in [2.24, 2.45) is 5.41 Å². The van der Waals surface area contributed by atoms with E-state index in [1.165, 1.54) is 51.1 Å². The van der Waals surface area contributed by atoms with Crippen LogP contribution in [-0.2, 0) is 0 Å². The number of nitrogens with one attached hydrogen (secondary N) is 1. The maximum Gasteiger partial charge on any atom is 0.00936 e. The molecular formula is C16H24N2. The molecular weight excluding hydrogens is 220 g/mol. The highest BCUT2D eigenvalue weighted by atomic mass is 15.2. The van der Waals surface area contributed by atoms with Gasteiger partial charge in [-0.25, -0.2) is 0 Å². The van der Waals surface area contributed by atoms with Crippen LogP contribution in [0.4, 0.5) is 0 Å². The van der Waals surface area contributed by atoms with E-state index in [1.807, 2.05) is 0 Å². The van der Waals surface area contributed by atoms with Gasteiger partial charge in [-0.05, 0) is 36.9 Å². The minimum atomic E-state index is 0.549. The Hall–Kier alpha value is -0.860. The second kappa shape index (κ2) is 5.02. The van der Waals surface area contributed by atoms with Crippen molar-refractivity contribution in [3.8, 4) is 0 Å². The van der Waals surface area contributed by atoms with Gasteiger partial charge in [0.25, 0.3) is 0 Å². The fraction of sp³-hybridized carbons (Fsp3) is 0.625. The molecule has 0 spiro atoms. The molecule has 98 valence electrons. The van der Waals surface area contributed by atoms with Gasteiger partial charge in [0.1, 0.15) is 0 Å². The van der Waals surface area contributed by atoms with Gasteiger partial charge in [-0.2, -0.15) is 0 Å². The highest BCUT2D eigenvalue weighted by Gasteiger charge is 2.35. The molecule has 0 amide bonds. The summed E-state index contributed by atoms with van der Waals surface area (Å²) in [7, 11) is 0. The molecule has 2 heteroatoms. The third kappa shape index (κ3) is 2.60. The molecule has 0 radical (unpaired) electrons. The number of likely N-dealkylation sites (tertiary alicyclic amines) is 1. The highest BCUT2D eigenvalue weighted by molar-refractivity contribution is 5.22. The van der Waals surface area contributed by atoms with E-state index in [4.69, 9.17) is 0 Å². The summed E-state index contributed by atoms with van der Waals surface area (Å²) in [5, 5.41) is 3.47. The lowest BCUT2D eigenvalue weighted by atomic mass is 9.79. The van der Waals surface area contributed by atoms with E-state index in [-0.39, 0.29) is 0 Å². The molecule has 18 heavy (non-hydrogen) atoms. The zero-order valence-electron chi connectivity index (χ0n) is 11.4. The van der Waals surface area contributed by atoms with Gasteiger partial charge in [0.15, 0.2) is 0 Å². The Morgan fingerprint density at radius 1 is 1.17 bits per heavy atom. The minimum Gasteiger partial charge on any atom is -0.317 e. The van der Waals surface area contributed by atoms with Gasteiger partial charge in [0.2, 0.25) is 0 Å². The number of hydrogen-bond acceptors (Lipinski definition) is 2. The molecule has 2 aliphatic heterocycles. The largest absolute Gasteiger partial charge is 0.317 e. The molecule has 0 atom stereocenters. The van der Waals surface area contributed by atoms with Gasteiger partial charge in [0.05, 0.1) is 0 Å². The summed E-state index contributed by atoms with van der Waals surface area (Å²) in [6.07, 6.45) is 2.67. The second-order valence-electron chi connectivity index (χ2n) is 6.36. The smallest absolute Gasteiger partial charge is 0.00936 e. The van der Waals surface area contributed by atoms with E-state index >= 15 is 0 Å². The summed E-state index contributed by atoms with van der Waals surface area (Å²) in [5.41, 5.74) is 2.07. The standard InChI is InChI=1S/C16H24N2/c1-16(7-9-17-10-8-16)13-18-11-15(12-18)14-5-3-2-4-6-14/h2-6,15,17H,7-13H2,1H3. The van der Waals surface area contributed by atoms with Gasteiger partial charge in [-0.1, -0.05) is 37.3 Å². The summed E-state index contributed by atoms with van der Waals surface area (Å²) in [5.74, 6) is 0.775. The van der Waals surface area contributed by atoms with Crippen LogP contribution in [0.2, 0.25) is 0 Å². The molecule has 1 N–H and O–H groups in total. The summed E-state index contributed by atoms with van der Waals surface area (Å²) in [6, 6.07) is 11.0. The van der Waals surface area contributed by atoms with Gasteiger partial charge in [-0.15, -0.1) is 0 Å². The maximum atomic E-state index is 3.47. The molecule has 0 saturated carbocycles. The number of benzene rings is 1. The first kappa shape index (κ1) is 12.2. The fourth-order valence-corrected chi connectivity index (χ4v) is 3.36. The lowest BCUT2D eigenvalue weighted by molar-refractivity contribution is 0.0674. The molecule has 0 unspecified atom stereocenters. The number of hydrogen-bond donors (Lipinski definition) is 1. The Bertz CT molecular complexity index is 375. The molecule has 1 aromatic carbocycles. The Labute approximate surface area is 110 Å². The van der Waals surface area contributed by atoms with Crippen LogP contribution in [0.15, 0.2) is 30.3 Å². The Morgan fingerprint density at radius 2 is 1.83 bits per heavy atom. The van der Waals surface area contributed by atoms with E-state index in [2.05, 4.69) is 47.5 Å². The monoisotopic (exact) mass is 244 g/mol. The molecule has 2 saturated heterocycles. The minimum absolute atomic E-state index is 0.549. The maximum absolute atomic E-state index is 3.47. The van der Waals surface area contributed by atoms with Crippen molar-refractivity contribution in [1.82, 2.24) is 10.2 Å². The number of piperidine rings is 1. The molecule has 0 aromatic heterocycles. The molecule has 2 fully saturated rings. The first-order valence-electron chi connectivity index (χ1n) is 7.23. The second-order valence-corrected chi connectivity index (χ2v) is 6.36. The highest BCUT2D eigenvalue weighted by Crippen LogP contribution is 2.34. The predicted molar refractivity (Wildman–Crippen MR) is 75.8 cm³/mol. The Balaban J connectivity index is 1.50. The van der Waals surface area contributed by atoms with Gasteiger partial charge in [0, 0.05) is 25.6 Å². The summed E-state index contributed by atoms with van der Waals surface area (Å²) < 4.78 is 0. The van der Waals surface area contributed by atoms with Crippen LogP contribution in [0, 0.1) is 5.41 Å². The summed E-state index contributed by atoms with van der Waals surface area (Å²) in [4.78, 5) is 2.64. The number of nitrogens with zero attached hydrogens (tertiary/aromatic N) is 1. The number of rotatable bonds is 3. The summed E-state index contributed by atoms with van der Waals surface area (Å²) >= 11 is 0. The van der Waals surface area contributed by atoms with Crippen molar-refractivity contribution in [3.63, 3.8) is 0 Å².